The first-order valence-electron chi connectivity index (χ1n) is 7.97. The van der Waals surface area contributed by atoms with Gasteiger partial charge in [-0.3, -0.25) is 9.78 Å². The van der Waals surface area contributed by atoms with E-state index in [4.69, 9.17) is 9.15 Å². The fraction of sp³-hybridized carbons (Fsp3) is 0.211. The number of fused-ring (bicyclic) bond motifs is 1. The number of pyridine rings is 1. The molecule has 1 N–H and O–H groups in total. The summed E-state index contributed by atoms with van der Waals surface area (Å²) in [6.45, 7) is 2.43. The van der Waals surface area contributed by atoms with Crippen molar-refractivity contribution in [1.82, 2.24) is 15.3 Å². The quantitative estimate of drug-likeness (QED) is 0.533. The number of thioether (sulfide) groups is 1. The number of oxazole rings is 1. The highest BCUT2D eigenvalue weighted by Crippen LogP contribution is 2.22. The number of aromatic nitrogens is 2. The van der Waals surface area contributed by atoms with Crippen molar-refractivity contribution < 1.29 is 13.9 Å². The van der Waals surface area contributed by atoms with E-state index in [9.17, 15) is 4.79 Å². The highest BCUT2D eigenvalue weighted by Gasteiger charge is 2.08. The van der Waals surface area contributed by atoms with Crippen LogP contribution in [0, 0.1) is 18.8 Å². The maximum Gasteiger partial charge on any atom is 0.257 e. The van der Waals surface area contributed by atoms with Crippen molar-refractivity contribution in [2.75, 3.05) is 18.9 Å². The molecule has 0 saturated heterocycles. The highest BCUT2D eigenvalue weighted by atomic mass is 32.2. The van der Waals surface area contributed by atoms with Crippen LogP contribution in [0.2, 0.25) is 0 Å². The minimum absolute atomic E-state index is 0.129. The largest absolute Gasteiger partial charge is 0.479 e. The summed E-state index contributed by atoms with van der Waals surface area (Å²) >= 11 is 1.25. The Morgan fingerprint density at radius 2 is 2.15 bits per heavy atom. The van der Waals surface area contributed by atoms with Crippen LogP contribution in [-0.2, 0) is 4.79 Å². The minimum atomic E-state index is -0.129. The molecule has 0 radical (unpaired) electrons. The Morgan fingerprint density at radius 1 is 1.27 bits per heavy atom. The zero-order chi connectivity index (χ0) is 18.2. The van der Waals surface area contributed by atoms with Gasteiger partial charge < -0.3 is 14.5 Å². The standard InChI is InChI=1S/C19H17N3O3S/c1-14-8-9-15(12-21-14)24-11-5-4-10-20-18(23)13-26-19-22-16-6-2-3-7-17(16)25-19/h2-3,6-9,12H,10-11,13H2,1H3,(H,20,23). The number of hydrogen-bond acceptors (Lipinski definition) is 6. The van der Waals surface area contributed by atoms with Crippen molar-refractivity contribution in [3.8, 4) is 17.6 Å². The van der Waals surface area contributed by atoms with Gasteiger partial charge in [0.15, 0.2) is 5.58 Å². The van der Waals surface area contributed by atoms with Gasteiger partial charge in [-0.1, -0.05) is 35.7 Å². The first-order chi connectivity index (χ1) is 12.7. The maximum atomic E-state index is 11.8. The molecule has 0 bridgehead atoms. The zero-order valence-electron chi connectivity index (χ0n) is 14.2. The number of benzene rings is 1. The van der Waals surface area contributed by atoms with Gasteiger partial charge in [0.05, 0.1) is 18.5 Å². The normalized spacial score (nSPS) is 10.2. The van der Waals surface area contributed by atoms with E-state index in [-0.39, 0.29) is 24.8 Å². The van der Waals surface area contributed by atoms with Crippen molar-refractivity contribution in [2.24, 2.45) is 0 Å². The fourth-order valence-electron chi connectivity index (χ4n) is 2.01. The van der Waals surface area contributed by atoms with E-state index >= 15 is 0 Å². The van der Waals surface area contributed by atoms with Crippen LogP contribution in [0.25, 0.3) is 11.1 Å². The summed E-state index contributed by atoms with van der Waals surface area (Å²) in [7, 11) is 0. The molecule has 0 spiro atoms. The summed E-state index contributed by atoms with van der Waals surface area (Å²) < 4.78 is 11.0. The van der Waals surface area contributed by atoms with Crippen molar-refractivity contribution in [3.05, 3.63) is 48.3 Å². The number of ether oxygens (including phenoxy) is 1. The third-order valence-corrected chi connectivity index (χ3v) is 4.12. The summed E-state index contributed by atoms with van der Waals surface area (Å²) in [4.78, 5) is 20.2. The molecule has 6 nitrogen and oxygen atoms in total. The van der Waals surface area contributed by atoms with Crippen LogP contribution in [-0.4, -0.2) is 34.8 Å². The first kappa shape index (κ1) is 17.8. The van der Waals surface area contributed by atoms with Crippen LogP contribution in [0.3, 0.4) is 0 Å². The molecule has 132 valence electrons. The Bertz CT molecular complexity index is 909. The molecule has 3 rings (SSSR count). The summed E-state index contributed by atoms with van der Waals surface area (Å²) in [5.74, 6) is 6.45. The Labute approximate surface area is 155 Å². The summed E-state index contributed by atoms with van der Waals surface area (Å²) in [5, 5.41) is 3.20. The lowest BCUT2D eigenvalue weighted by Crippen LogP contribution is -2.25. The second-order valence-electron chi connectivity index (χ2n) is 5.29. The second kappa shape index (κ2) is 8.92. The summed E-state index contributed by atoms with van der Waals surface area (Å²) in [6.07, 6.45) is 1.65. The van der Waals surface area contributed by atoms with Crippen LogP contribution < -0.4 is 10.1 Å². The third-order valence-electron chi connectivity index (χ3n) is 3.30. The van der Waals surface area contributed by atoms with E-state index in [0.717, 1.165) is 11.2 Å². The second-order valence-corrected chi connectivity index (χ2v) is 6.22. The molecule has 2 heterocycles. The first-order valence-corrected chi connectivity index (χ1v) is 8.95. The van der Waals surface area contributed by atoms with Crippen molar-refractivity contribution >= 4 is 28.8 Å². The molecule has 0 atom stereocenters. The van der Waals surface area contributed by atoms with Crippen molar-refractivity contribution in [3.63, 3.8) is 0 Å². The molecule has 1 amide bonds. The Balaban J connectivity index is 1.34. The molecule has 0 aliphatic rings. The van der Waals surface area contributed by atoms with Gasteiger partial charge in [-0.25, -0.2) is 4.98 Å². The number of para-hydroxylation sites is 2. The van der Waals surface area contributed by atoms with Crippen molar-refractivity contribution in [1.29, 1.82) is 0 Å². The van der Waals surface area contributed by atoms with Gasteiger partial charge in [-0.05, 0) is 31.2 Å². The smallest absolute Gasteiger partial charge is 0.257 e. The van der Waals surface area contributed by atoms with Gasteiger partial charge in [0, 0.05) is 5.69 Å². The lowest BCUT2D eigenvalue weighted by atomic mass is 10.3. The maximum absolute atomic E-state index is 11.8. The number of nitrogens with zero attached hydrogens (tertiary/aromatic N) is 2. The van der Waals surface area contributed by atoms with Crippen LogP contribution >= 0.6 is 11.8 Å². The molecule has 0 fully saturated rings. The molecule has 1 aromatic carbocycles. The number of carbonyl (C=O) groups is 1. The van der Waals surface area contributed by atoms with E-state index in [0.29, 0.717) is 16.6 Å². The minimum Gasteiger partial charge on any atom is -0.479 e. The lowest BCUT2D eigenvalue weighted by molar-refractivity contribution is -0.118. The third kappa shape index (κ3) is 5.26. The predicted octanol–water partition coefficient (Wildman–Crippen LogP) is 2.82. The molecular weight excluding hydrogens is 350 g/mol. The van der Waals surface area contributed by atoms with Crippen LogP contribution in [0.15, 0.2) is 52.2 Å². The average molecular weight is 367 g/mol. The zero-order valence-corrected chi connectivity index (χ0v) is 15.0. The molecule has 0 aliphatic heterocycles. The van der Waals surface area contributed by atoms with E-state index < -0.39 is 0 Å². The monoisotopic (exact) mass is 367 g/mol. The van der Waals surface area contributed by atoms with Crippen LogP contribution in [0.5, 0.6) is 5.75 Å². The molecule has 0 unspecified atom stereocenters. The van der Waals surface area contributed by atoms with Gasteiger partial charge in [0.1, 0.15) is 17.9 Å². The van der Waals surface area contributed by atoms with Crippen LogP contribution in [0.4, 0.5) is 0 Å². The molecular formula is C19H17N3O3S. The summed E-state index contributed by atoms with van der Waals surface area (Å²) in [6, 6.07) is 11.2. The number of aryl methyl sites for hydroxylation is 1. The van der Waals surface area contributed by atoms with Crippen LogP contribution in [0.1, 0.15) is 5.69 Å². The van der Waals surface area contributed by atoms with E-state index in [1.807, 2.05) is 43.3 Å². The highest BCUT2D eigenvalue weighted by molar-refractivity contribution is 7.99. The molecule has 26 heavy (non-hydrogen) atoms. The lowest BCUT2D eigenvalue weighted by Gasteiger charge is -2.01. The summed E-state index contributed by atoms with van der Waals surface area (Å²) in [5.41, 5.74) is 2.43. The molecule has 0 saturated carbocycles. The molecule has 3 aromatic rings. The van der Waals surface area contributed by atoms with Gasteiger partial charge in [0.25, 0.3) is 5.22 Å². The number of carbonyl (C=O) groups excluding carboxylic acids is 1. The number of nitrogens with one attached hydrogen (secondary N) is 1. The Kier molecular flexibility index (Phi) is 6.12. The van der Waals surface area contributed by atoms with Crippen molar-refractivity contribution in [2.45, 2.75) is 12.1 Å². The molecule has 2 aromatic heterocycles. The Morgan fingerprint density at radius 3 is 2.96 bits per heavy atom. The van der Waals surface area contributed by atoms with Gasteiger partial charge in [-0.15, -0.1) is 0 Å². The number of rotatable bonds is 6. The fourth-order valence-corrected chi connectivity index (χ4v) is 2.67. The predicted molar refractivity (Wildman–Crippen MR) is 100.0 cm³/mol. The van der Waals surface area contributed by atoms with E-state index in [2.05, 4.69) is 27.1 Å². The topological polar surface area (TPSA) is 77.2 Å². The number of amides is 1. The molecule has 7 heteroatoms. The molecule has 0 aliphatic carbocycles. The SMILES string of the molecule is Cc1ccc(OCC#CCNC(=O)CSc2nc3ccccc3o2)cn1. The average Bonchev–Trinajstić information content (AvgIpc) is 3.07. The van der Waals surface area contributed by atoms with E-state index in [1.165, 1.54) is 11.8 Å². The van der Waals surface area contributed by atoms with Gasteiger partial charge in [0.2, 0.25) is 5.91 Å². The number of hydrogen-bond donors (Lipinski definition) is 1. The van der Waals surface area contributed by atoms with E-state index in [1.54, 1.807) is 6.20 Å². The van der Waals surface area contributed by atoms with Gasteiger partial charge in [-0.2, -0.15) is 0 Å². The van der Waals surface area contributed by atoms with Gasteiger partial charge >= 0.3 is 0 Å². The Hall–Kier alpha value is -2.98.